The number of carbonyl (C=O) groups is 2. The van der Waals surface area contributed by atoms with E-state index in [4.69, 9.17) is 0 Å². The van der Waals surface area contributed by atoms with Gasteiger partial charge < -0.3 is 20.1 Å². The molecule has 2 amide bonds. The molecule has 2 N–H and O–H groups in total. The van der Waals surface area contributed by atoms with Gasteiger partial charge in [-0.2, -0.15) is 0 Å². The molecule has 1 aromatic heterocycles. The number of nitrogens with one attached hydrogen (secondary N) is 2. The molecular weight excluding hydrogens is 368 g/mol. The molecule has 0 spiro atoms. The van der Waals surface area contributed by atoms with Gasteiger partial charge in [0.1, 0.15) is 11.9 Å². The first-order valence-electron chi connectivity index (χ1n) is 10.4. The van der Waals surface area contributed by atoms with Crippen molar-refractivity contribution in [2.45, 2.75) is 51.2 Å². The van der Waals surface area contributed by atoms with Gasteiger partial charge in [0.25, 0.3) is 0 Å². The van der Waals surface area contributed by atoms with E-state index < -0.39 is 6.04 Å². The summed E-state index contributed by atoms with van der Waals surface area (Å²) in [7, 11) is 0. The monoisotopic (exact) mass is 396 g/mol. The van der Waals surface area contributed by atoms with Gasteiger partial charge in [0, 0.05) is 32.5 Å². The van der Waals surface area contributed by atoms with Gasteiger partial charge >= 0.3 is 0 Å². The molecule has 2 aromatic rings. The molecule has 0 bridgehead atoms. The Morgan fingerprint density at radius 2 is 2.00 bits per heavy atom. The van der Waals surface area contributed by atoms with E-state index in [0.717, 1.165) is 57.1 Å². The number of carbonyl (C=O) groups excluding carboxylic acids is 2. The average molecular weight is 396 g/mol. The Labute approximate surface area is 170 Å². The molecule has 0 aliphatic carbocycles. The Hall–Kier alpha value is -2.74. The van der Waals surface area contributed by atoms with E-state index in [0.29, 0.717) is 19.4 Å². The summed E-state index contributed by atoms with van der Waals surface area (Å²) >= 11 is 0. The van der Waals surface area contributed by atoms with Crippen LogP contribution in [0.5, 0.6) is 0 Å². The molecule has 0 saturated carbocycles. The number of aromatic nitrogens is 3. The lowest BCUT2D eigenvalue weighted by atomic mass is 10.1. The van der Waals surface area contributed by atoms with Gasteiger partial charge in [-0.3, -0.25) is 9.59 Å². The number of aryl methyl sites for hydroxylation is 1. The summed E-state index contributed by atoms with van der Waals surface area (Å²) in [6.45, 7) is 4.18. The lowest BCUT2D eigenvalue weighted by Crippen LogP contribution is -2.41. The zero-order chi connectivity index (χ0) is 20.1. The van der Waals surface area contributed by atoms with Gasteiger partial charge in [0.15, 0.2) is 5.82 Å². The molecule has 8 heteroatoms. The predicted octanol–water partition coefficient (Wildman–Crippen LogP) is 0.664. The molecule has 1 unspecified atom stereocenters. The second-order valence-corrected chi connectivity index (χ2v) is 7.74. The zero-order valence-electron chi connectivity index (χ0n) is 16.6. The van der Waals surface area contributed by atoms with Crippen LogP contribution in [0.2, 0.25) is 0 Å². The van der Waals surface area contributed by atoms with Gasteiger partial charge in [-0.05, 0) is 31.4 Å². The minimum atomic E-state index is -0.422. The van der Waals surface area contributed by atoms with Crippen molar-refractivity contribution in [3.05, 3.63) is 47.5 Å². The van der Waals surface area contributed by atoms with E-state index >= 15 is 0 Å². The number of benzene rings is 1. The summed E-state index contributed by atoms with van der Waals surface area (Å²) in [4.78, 5) is 26.0. The molecule has 0 radical (unpaired) electrons. The molecule has 154 valence electrons. The molecule has 1 fully saturated rings. The summed E-state index contributed by atoms with van der Waals surface area (Å²) in [5, 5.41) is 14.2. The number of nitrogens with zero attached hydrogens (tertiary/aromatic N) is 4. The van der Waals surface area contributed by atoms with E-state index in [9.17, 15) is 9.59 Å². The van der Waals surface area contributed by atoms with Crippen molar-refractivity contribution in [2.24, 2.45) is 0 Å². The number of hydrogen-bond acceptors (Lipinski definition) is 5. The van der Waals surface area contributed by atoms with Crippen molar-refractivity contribution >= 4 is 11.8 Å². The minimum absolute atomic E-state index is 0.0612. The first-order valence-corrected chi connectivity index (χ1v) is 10.4. The molecule has 1 atom stereocenters. The van der Waals surface area contributed by atoms with Crippen molar-refractivity contribution in [1.29, 1.82) is 0 Å². The highest BCUT2D eigenvalue weighted by Gasteiger charge is 2.27. The minimum Gasteiger partial charge on any atom is -0.347 e. The van der Waals surface area contributed by atoms with Crippen LogP contribution in [0, 0.1) is 0 Å². The summed E-state index contributed by atoms with van der Waals surface area (Å²) in [5.41, 5.74) is 1.39. The largest absolute Gasteiger partial charge is 0.347 e. The van der Waals surface area contributed by atoms with E-state index in [2.05, 4.69) is 60.6 Å². The SMILES string of the molecule is O=C1CCC(C(=O)NCc2nnc3n2CCN(CCCc2ccccc2)CC3)N1. The van der Waals surface area contributed by atoms with Gasteiger partial charge in [0.2, 0.25) is 11.8 Å². The number of fused-ring (bicyclic) bond motifs is 1. The van der Waals surface area contributed by atoms with Crippen LogP contribution in [0.3, 0.4) is 0 Å². The van der Waals surface area contributed by atoms with Crippen LogP contribution in [-0.2, 0) is 35.5 Å². The van der Waals surface area contributed by atoms with Crippen molar-refractivity contribution in [1.82, 2.24) is 30.3 Å². The van der Waals surface area contributed by atoms with Gasteiger partial charge in [-0.15, -0.1) is 10.2 Å². The predicted molar refractivity (Wildman–Crippen MR) is 108 cm³/mol. The lowest BCUT2D eigenvalue weighted by molar-refractivity contribution is -0.125. The zero-order valence-corrected chi connectivity index (χ0v) is 16.6. The second-order valence-electron chi connectivity index (χ2n) is 7.74. The van der Waals surface area contributed by atoms with Crippen LogP contribution in [0.4, 0.5) is 0 Å². The Morgan fingerprint density at radius 1 is 1.14 bits per heavy atom. The Kier molecular flexibility index (Phi) is 6.19. The maximum Gasteiger partial charge on any atom is 0.242 e. The molecule has 8 nitrogen and oxygen atoms in total. The molecule has 2 aliphatic rings. The summed E-state index contributed by atoms with van der Waals surface area (Å²) < 4.78 is 2.13. The smallest absolute Gasteiger partial charge is 0.242 e. The first kappa shape index (κ1) is 19.6. The Balaban J connectivity index is 1.25. The molecular formula is C21H28N6O2. The Morgan fingerprint density at radius 3 is 2.79 bits per heavy atom. The molecule has 1 aromatic carbocycles. The van der Waals surface area contributed by atoms with Crippen molar-refractivity contribution in [3.63, 3.8) is 0 Å². The van der Waals surface area contributed by atoms with E-state index in [-0.39, 0.29) is 11.8 Å². The summed E-state index contributed by atoms with van der Waals surface area (Å²) in [6.07, 6.45) is 4.07. The summed E-state index contributed by atoms with van der Waals surface area (Å²) in [6, 6.07) is 10.2. The quantitative estimate of drug-likeness (QED) is 0.718. The van der Waals surface area contributed by atoms with Crippen LogP contribution in [0.15, 0.2) is 30.3 Å². The highest BCUT2D eigenvalue weighted by atomic mass is 16.2. The molecule has 3 heterocycles. The average Bonchev–Trinajstić information content (AvgIpc) is 3.29. The topological polar surface area (TPSA) is 92.1 Å². The van der Waals surface area contributed by atoms with E-state index in [1.54, 1.807) is 0 Å². The fourth-order valence-electron chi connectivity index (χ4n) is 4.03. The fourth-order valence-corrected chi connectivity index (χ4v) is 4.03. The Bertz CT molecular complexity index is 850. The third-order valence-electron chi connectivity index (χ3n) is 5.71. The molecule has 2 aliphatic heterocycles. The van der Waals surface area contributed by atoms with E-state index in [1.165, 1.54) is 5.56 Å². The number of amides is 2. The normalized spacial score (nSPS) is 19.4. The van der Waals surface area contributed by atoms with Gasteiger partial charge in [0.05, 0.1) is 6.54 Å². The number of hydrogen-bond donors (Lipinski definition) is 2. The van der Waals surface area contributed by atoms with Crippen LogP contribution in [-0.4, -0.2) is 57.2 Å². The van der Waals surface area contributed by atoms with Crippen LogP contribution < -0.4 is 10.6 Å². The lowest BCUT2D eigenvalue weighted by Gasteiger charge is -2.19. The fraction of sp³-hybridized carbons (Fsp3) is 0.524. The van der Waals surface area contributed by atoms with Crippen LogP contribution in [0.1, 0.15) is 36.5 Å². The second kappa shape index (κ2) is 9.17. The summed E-state index contributed by atoms with van der Waals surface area (Å²) in [5.74, 6) is 1.55. The van der Waals surface area contributed by atoms with Gasteiger partial charge in [-0.1, -0.05) is 30.3 Å². The standard InChI is InChI=1S/C21H28N6O2/c28-20-9-8-17(23-20)21(29)22-15-19-25-24-18-10-12-26(13-14-27(18)19)11-4-7-16-5-2-1-3-6-16/h1-3,5-6,17H,4,7-15H2,(H,22,29)(H,23,28). The van der Waals surface area contributed by atoms with Crippen molar-refractivity contribution < 1.29 is 9.59 Å². The van der Waals surface area contributed by atoms with E-state index in [1.807, 2.05) is 0 Å². The van der Waals surface area contributed by atoms with Crippen LogP contribution in [0.25, 0.3) is 0 Å². The van der Waals surface area contributed by atoms with Crippen molar-refractivity contribution in [2.75, 3.05) is 19.6 Å². The maximum atomic E-state index is 12.2. The first-order chi connectivity index (χ1) is 14.2. The third kappa shape index (κ3) is 5.00. The highest BCUT2D eigenvalue weighted by Crippen LogP contribution is 2.12. The number of rotatable bonds is 7. The maximum absolute atomic E-state index is 12.2. The van der Waals surface area contributed by atoms with Crippen molar-refractivity contribution in [3.8, 4) is 0 Å². The molecule has 29 heavy (non-hydrogen) atoms. The van der Waals surface area contributed by atoms with Gasteiger partial charge in [-0.25, -0.2) is 0 Å². The molecule has 1 saturated heterocycles. The van der Waals surface area contributed by atoms with Crippen LogP contribution >= 0.6 is 0 Å². The third-order valence-corrected chi connectivity index (χ3v) is 5.71. The molecule has 4 rings (SSSR count). The highest BCUT2D eigenvalue weighted by molar-refractivity contribution is 5.90.